The minimum absolute atomic E-state index is 0.0197. The predicted octanol–water partition coefficient (Wildman–Crippen LogP) is 2.87. The van der Waals surface area contributed by atoms with Gasteiger partial charge in [-0.1, -0.05) is 12.1 Å². The van der Waals surface area contributed by atoms with Crippen LogP contribution in [0.3, 0.4) is 0 Å². The summed E-state index contributed by atoms with van der Waals surface area (Å²) in [5.74, 6) is 1.08. The number of ether oxygens (including phenoxy) is 2. The standard InChI is InChI=1S/C15H15NO3/c1-11(17)13-7-3-4-8-14(13)19-10-12-6-5-9-16-15(12)18-2/h3-9H,10H2,1-2H3. The molecule has 0 bridgehead atoms. The highest BCUT2D eigenvalue weighted by molar-refractivity contribution is 5.96. The molecule has 0 aliphatic rings. The van der Waals surface area contributed by atoms with Gasteiger partial charge in [-0.25, -0.2) is 4.98 Å². The number of rotatable bonds is 5. The lowest BCUT2D eigenvalue weighted by Gasteiger charge is -2.11. The molecule has 4 nitrogen and oxygen atoms in total. The molecule has 0 spiro atoms. The van der Waals surface area contributed by atoms with Crippen molar-refractivity contribution in [3.63, 3.8) is 0 Å². The van der Waals surface area contributed by atoms with E-state index in [4.69, 9.17) is 9.47 Å². The Morgan fingerprint density at radius 1 is 1.21 bits per heavy atom. The number of aromatic nitrogens is 1. The summed E-state index contributed by atoms with van der Waals surface area (Å²) >= 11 is 0. The monoisotopic (exact) mass is 257 g/mol. The number of Topliss-reactive ketones (excluding diaryl/α,β-unsaturated/α-hetero) is 1. The normalized spacial score (nSPS) is 10.0. The van der Waals surface area contributed by atoms with Gasteiger partial charge < -0.3 is 9.47 Å². The molecule has 2 rings (SSSR count). The number of methoxy groups -OCH3 is 1. The number of hydrogen-bond acceptors (Lipinski definition) is 4. The molecule has 0 aliphatic carbocycles. The van der Waals surface area contributed by atoms with E-state index in [1.807, 2.05) is 24.3 Å². The van der Waals surface area contributed by atoms with Gasteiger partial charge in [0.2, 0.25) is 5.88 Å². The molecule has 98 valence electrons. The number of carbonyl (C=O) groups excluding carboxylic acids is 1. The number of pyridine rings is 1. The molecule has 0 N–H and O–H groups in total. The number of para-hydroxylation sites is 1. The van der Waals surface area contributed by atoms with Crippen LogP contribution in [0.2, 0.25) is 0 Å². The Labute approximate surface area is 112 Å². The Balaban J connectivity index is 2.17. The molecule has 0 radical (unpaired) electrons. The van der Waals surface area contributed by atoms with Gasteiger partial charge in [0.05, 0.1) is 18.2 Å². The Morgan fingerprint density at radius 3 is 2.74 bits per heavy atom. The van der Waals surface area contributed by atoms with Crippen LogP contribution in [0, 0.1) is 0 Å². The van der Waals surface area contributed by atoms with Crippen LogP contribution in [0.15, 0.2) is 42.6 Å². The van der Waals surface area contributed by atoms with Gasteiger partial charge in [-0.2, -0.15) is 0 Å². The topological polar surface area (TPSA) is 48.4 Å². The van der Waals surface area contributed by atoms with Crippen LogP contribution in [-0.4, -0.2) is 17.9 Å². The highest BCUT2D eigenvalue weighted by Crippen LogP contribution is 2.21. The van der Waals surface area contributed by atoms with Gasteiger partial charge in [0, 0.05) is 6.20 Å². The molecule has 0 saturated heterocycles. The van der Waals surface area contributed by atoms with Gasteiger partial charge in [0.1, 0.15) is 12.4 Å². The molecule has 19 heavy (non-hydrogen) atoms. The van der Waals surface area contributed by atoms with E-state index in [2.05, 4.69) is 4.98 Å². The van der Waals surface area contributed by atoms with Gasteiger partial charge in [-0.3, -0.25) is 4.79 Å². The summed E-state index contributed by atoms with van der Waals surface area (Å²) in [6, 6.07) is 10.9. The van der Waals surface area contributed by atoms with Crippen molar-refractivity contribution in [3.8, 4) is 11.6 Å². The average Bonchev–Trinajstić information content (AvgIpc) is 2.45. The molecule has 0 fully saturated rings. The number of nitrogens with zero attached hydrogens (tertiary/aromatic N) is 1. The Hall–Kier alpha value is -2.36. The average molecular weight is 257 g/mol. The van der Waals surface area contributed by atoms with Gasteiger partial charge in [-0.05, 0) is 31.2 Å². The highest BCUT2D eigenvalue weighted by atomic mass is 16.5. The van der Waals surface area contributed by atoms with Gasteiger partial charge in [0.15, 0.2) is 5.78 Å². The van der Waals surface area contributed by atoms with E-state index in [9.17, 15) is 4.79 Å². The third-order valence-electron chi connectivity index (χ3n) is 2.69. The highest BCUT2D eigenvalue weighted by Gasteiger charge is 2.09. The summed E-state index contributed by atoms with van der Waals surface area (Å²) in [4.78, 5) is 15.6. The number of ketones is 1. The molecule has 4 heteroatoms. The summed E-state index contributed by atoms with van der Waals surface area (Å²) in [6.45, 7) is 1.83. The maximum atomic E-state index is 11.5. The lowest BCUT2D eigenvalue weighted by Crippen LogP contribution is -2.03. The van der Waals surface area contributed by atoms with Crippen molar-refractivity contribution in [2.45, 2.75) is 13.5 Å². The molecule has 0 unspecified atom stereocenters. The van der Waals surface area contributed by atoms with E-state index in [-0.39, 0.29) is 5.78 Å². The maximum absolute atomic E-state index is 11.5. The molecule has 0 atom stereocenters. The van der Waals surface area contributed by atoms with E-state index >= 15 is 0 Å². The zero-order valence-electron chi connectivity index (χ0n) is 10.9. The molecule has 0 saturated carbocycles. The Bertz CT molecular complexity index is 581. The summed E-state index contributed by atoms with van der Waals surface area (Å²) in [7, 11) is 1.56. The molecule has 1 heterocycles. The second-order valence-electron chi connectivity index (χ2n) is 4.01. The Kier molecular flexibility index (Phi) is 4.13. The maximum Gasteiger partial charge on any atom is 0.219 e. The first-order chi connectivity index (χ1) is 9.22. The number of carbonyl (C=O) groups is 1. The van der Waals surface area contributed by atoms with Crippen molar-refractivity contribution in [2.24, 2.45) is 0 Å². The van der Waals surface area contributed by atoms with Crippen LogP contribution < -0.4 is 9.47 Å². The third kappa shape index (κ3) is 3.10. The van der Waals surface area contributed by atoms with Crippen molar-refractivity contribution >= 4 is 5.78 Å². The fraction of sp³-hybridized carbons (Fsp3) is 0.200. The SMILES string of the molecule is COc1ncccc1COc1ccccc1C(C)=O. The van der Waals surface area contributed by atoms with Crippen molar-refractivity contribution in [1.82, 2.24) is 4.98 Å². The van der Waals surface area contributed by atoms with Crippen LogP contribution in [0.5, 0.6) is 11.6 Å². The van der Waals surface area contributed by atoms with E-state index in [0.29, 0.717) is 23.8 Å². The van der Waals surface area contributed by atoms with Gasteiger partial charge in [-0.15, -0.1) is 0 Å². The van der Waals surface area contributed by atoms with Crippen molar-refractivity contribution in [2.75, 3.05) is 7.11 Å². The molecular weight excluding hydrogens is 242 g/mol. The van der Waals surface area contributed by atoms with Crippen molar-refractivity contribution < 1.29 is 14.3 Å². The summed E-state index contributed by atoms with van der Waals surface area (Å²) in [5.41, 5.74) is 1.41. The smallest absolute Gasteiger partial charge is 0.219 e. The molecule has 0 aliphatic heterocycles. The van der Waals surface area contributed by atoms with E-state index in [1.54, 1.807) is 25.4 Å². The van der Waals surface area contributed by atoms with Crippen LogP contribution in [0.1, 0.15) is 22.8 Å². The lowest BCUT2D eigenvalue weighted by atomic mass is 10.1. The van der Waals surface area contributed by atoms with Crippen LogP contribution >= 0.6 is 0 Å². The van der Waals surface area contributed by atoms with Gasteiger partial charge >= 0.3 is 0 Å². The minimum atomic E-state index is -0.0197. The first-order valence-corrected chi connectivity index (χ1v) is 5.93. The van der Waals surface area contributed by atoms with E-state index < -0.39 is 0 Å². The lowest BCUT2D eigenvalue weighted by molar-refractivity contribution is 0.101. The predicted molar refractivity (Wildman–Crippen MR) is 71.6 cm³/mol. The number of benzene rings is 1. The first kappa shape index (κ1) is 13.1. The summed E-state index contributed by atoms with van der Waals surface area (Å²) in [6.07, 6.45) is 1.66. The van der Waals surface area contributed by atoms with Crippen LogP contribution in [0.25, 0.3) is 0 Å². The summed E-state index contributed by atoms with van der Waals surface area (Å²) < 4.78 is 10.8. The van der Waals surface area contributed by atoms with Crippen LogP contribution in [-0.2, 0) is 6.61 Å². The molecule has 1 aromatic carbocycles. The van der Waals surface area contributed by atoms with Crippen LogP contribution in [0.4, 0.5) is 0 Å². The minimum Gasteiger partial charge on any atom is -0.488 e. The van der Waals surface area contributed by atoms with E-state index in [0.717, 1.165) is 5.56 Å². The second kappa shape index (κ2) is 6.00. The second-order valence-corrected chi connectivity index (χ2v) is 4.01. The zero-order chi connectivity index (χ0) is 13.7. The van der Waals surface area contributed by atoms with Crippen molar-refractivity contribution in [1.29, 1.82) is 0 Å². The van der Waals surface area contributed by atoms with Gasteiger partial charge in [0.25, 0.3) is 0 Å². The van der Waals surface area contributed by atoms with Crippen molar-refractivity contribution in [3.05, 3.63) is 53.7 Å². The summed E-state index contributed by atoms with van der Waals surface area (Å²) in [5, 5.41) is 0. The number of hydrogen-bond donors (Lipinski definition) is 0. The van der Waals surface area contributed by atoms with E-state index in [1.165, 1.54) is 6.92 Å². The fourth-order valence-electron chi connectivity index (χ4n) is 1.76. The fourth-order valence-corrected chi connectivity index (χ4v) is 1.76. The third-order valence-corrected chi connectivity index (χ3v) is 2.69. The largest absolute Gasteiger partial charge is 0.488 e. The first-order valence-electron chi connectivity index (χ1n) is 5.93. The Morgan fingerprint density at radius 2 is 2.00 bits per heavy atom. The molecular formula is C15H15NO3. The quantitative estimate of drug-likeness (QED) is 0.773. The molecule has 2 aromatic rings. The molecule has 0 amide bonds. The molecule has 1 aromatic heterocycles. The zero-order valence-corrected chi connectivity index (χ0v) is 10.9.